The van der Waals surface area contributed by atoms with Gasteiger partial charge in [-0.15, -0.1) is 0 Å². The first kappa shape index (κ1) is 31.6. The largest absolute Gasteiger partial charge is 0.454 e. The summed E-state index contributed by atoms with van der Waals surface area (Å²) in [5, 5.41) is 2.36. The van der Waals surface area contributed by atoms with Crippen molar-refractivity contribution in [1.82, 2.24) is 24.5 Å². The lowest BCUT2D eigenvalue weighted by Crippen LogP contribution is -2.33. The minimum absolute atomic E-state index is 0.579. The third-order valence-electron chi connectivity index (χ3n) is 11.6. The number of benzene rings is 6. The molecule has 6 nitrogen and oxygen atoms in total. The number of aromatic nitrogens is 5. The van der Waals surface area contributed by atoms with E-state index in [-0.39, 0.29) is 0 Å². The molecule has 10 aromatic rings. The first-order chi connectivity index (χ1) is 28.3. The van der Waals surface area contributed by atoms with Crippen LogP contribution in [0.5, 0.6) is 11.5 Å². The summed E-state index contributed by atoms with van der Waals surface area (Å²) in [5.41, 5.74) is 12.7. The molecule has 6 heteroatoms. The fourth-order valence-electron chi connectivity index (χ4n) is 9.25. The molecule has 0 amide bonds. The normalized spacial score (nSPS) is 13.2. The molecule has 1 spiro atoms. The van der Waals surface area contributed by atoms with E-state index in [9.17, 15) is 0 Å². The number of fused-ring (bicyclic) bond motifs is 12. The summed E-state index contributed by atoms with van der Waals surface area (Å²) in [6, 6.07) is 61.2. The maximum atomic E-state index is 7.48. The molecule has 4 aromatic heterocycles. The molecule has 0 saturated heterocycles. The second-order valence-corrected chi connectivity index (χ2v) is 14.6. The Labute approximate surface area is 328 Å². The molecule has 0 fully saturated rings. The predicted molar refractivity (Wildman–Crippen MR) is 226 cm³/mol. The Hall–Kier alpha value is -7.70. The number of para-hydroxylation sites is 4. The van der Waals surface area contributed by atoms with Crippen molar-refractivity contribution in [1.29, 1.82) is 0 Å². The minimum atomic E-state index is -0.805. The van der Waals surface area contributed by atoms with Crippen LogP contribution in [-0.4, -0.2) is 24.5 Å². The SMILES string of the molecule is c1ccc(-c2cc(-c3ccccc3)nc(-c3cccc4c3Oc3c(-n5c6ccccc6c6ccccc65)cccc3C43c4cccnc4-c4ncccc43)n2)cc1. The van der Waals surface area contributed by atoms with Gasteiger partial charge < -0.3 is 9.30 Å². The molecular formula is C51H31N5O. The highest BCUT2D eigenvalue weighted by atomic mass is 16.5. The van der Waals surface area contributed by atoms with Crippen LogP contribution in [0.3, 0.4) is 0 Å². The molecule has 0 bridgehead atoms. The highest BCUT2D eigenvalue weighted by Crippen LogP contribution is 2.63. The number of pyridine rings is 2. The molecule has 2 aliphatic rings. The topological polar surface area (TPSA) is 65.7 Å². The molecule has 12 rings (SSSR count). The molecular weight excluding hydrogens is 699 g/mol. The van der Waals surface area contributed by atoms with Crippen molar-refractivity contribution in [2.75, 3.05) is 0 Å². The van der Waals surface area contributed by atoms with Crippen LogP contribution in [0.4, 0.5) is 0 Å². The van der Waals surface area contributed by atoms with E-state index in [0.29, 0.717) is 11.6 Å². The Kier molecular flexibility index (Phi) is 6.74. The molecule has 0 atom stereocenters. The van der Waals surface area contributed by atoms with Crippen LogP contribution in [0.2, 0.25) is 0 Å². The molecule has 0 saturated carbocycles. The number of ether oxygens (including phenoxy) is 1. The zero-order valence-corrected chi connectivity index (χ0v) is 30.5. The van der Waals surface area contributed by atoms with Crippen LogP contribution in [0.15, 0.2) is 188 Å². The summed E-state index contributed by atoms with van der Waals surface area (Å²) in [4.78, 5) is 20.6. The van der Waals surface area contributed by atoms with Crippen molar-refractivity contribution in [3.8, 4) is 62.5 Å². The molecule has 266 valence electrons. The van der Waals surface area contributed by atoms with E-state index in [4.69, 9.17) is 24.7 Å². The Balaban J connectivity index is 1.20. The summed E-state index contributed by atoms with van der Waals surface area (Å²) in [5.74, 6) is 2.04. The van der Waals surface area contributed by atoms with Crippen LogP contribution < -0.4 is 4.74 Å². The first-order valence-electron chi connectivity index (χ1n) is 19.1. The number of hydrogen-bond donors (Lipinski definition) is 0. The Morgan fingerprint density at radius 1 is 0.439 bits per heavy atom. The zero-order chi connectivity index (χ0) is 37.5. The summed E-state index contributed by atoms with van der Waals surface area (Å²) in [6.07, 6.45) is 3.72. The number of rotatable bonds is 4. The van der Waals surface area contributed by atoms with Crippen LogP contribution in [0.1, 0.15) is 22.3 Å². The number of hydrogen-bond acceptors (Lipinski definition) is 5. The third-order valence-corrected chi connectivity index (χ3v) is 11.6. The van der Waals surface area contributed by atoms with Gasteiger partial charge in [0.25, 0.3) is 0 Å². The van der Waals surface area contributed by atoms with Gasteiger partial charge in [0, 0.05) is 45.4 Å². The summed E-state index contributed by atoms with van der Waals surface area (Å²) in [6.45, 7) is 0. The van der Waals surface area contributed by atoms with Gasteiger partial charge in [0.15, 0.2) is 11.6 Å². The van der Waals surface area contributed by atoms with Gasteiger partial charge in [0.2, 0.25) is 0 Å². The van der Waals surface area contributed by atoms with Gasteiger partial charge in [-0.25, -0.2) is 9.97 Å². The lowest BCUT2D eigenvalue weighted by atomic mass is 9.66. The van der Waals surface area contributed by atoms with Crippen molar-refractivity contribution >= 4 is 21.8 Å². The summed E-state index contributed by atoms with van der Waals surface area (Å²) in [7, 11) is 0. The van der Waals surface area contributed by atoms with E-state index in [2.05, 4.69) is 132 Å². The fourth-order valence-corrected chi connectivity index (χ4v) is 9.25. The average Bonchev–Trinajstić information content (AvgIpc) is 3.77. The molecule has 0 N–H and O–H groups in total. The van der Waals surface area contributed by atoms with Gasteiger partial charge in [-0.3, -0.25) is 9.97 Å². The molecule has 6 aromatic carbocycles. The predicted octanol–water partition coefficient (Wildman–Crippen LogP) is 11.8. The van der Waals surface area contributed by atoms with E-state index >= 15 is 0 Å². The van der Waals surface area contributed by atoms with Gasteiger partial charge in [-0.1, -0.05) is 133 Å². The van der Waals surface area contributed by atoms with Crippen LogP contribution >= 0.6 is 0 Å². The summed E-state index contributed by atoms with van der Waals surface area (Å²) < 4.78 is 9.82. The first-order valence-corrected chi connectivity index (χ1v) is 19.1. The van der Waals surface area contributed by atoms with E-state index in [1.165, 1.54) is 10.8 Å². The lowest BCUT2D eigenvalue weighted by Gasteiger charge is -2.40. The molecule has 5 heterocycles. The van der Waals surface area contributed by atoms with Gasteiger partial charge in [-0.2, -0.15) is 0 Å². The molecule has 57 heavy (non-hydrogen) atoms. The van der Waals surface area contributed by atoms with Crippen LogP contribution in [0.25, 0.3) is 72.8 Å². The Morgan fingerprint density at radius 2 is 0.947 bits per heavy atom. The molecule has 0 radical (unpaired) electrons. The van der Waals surface area contributed by atoms with Crippen LogP contribution in [0, 0.1) is 0 Å². The standard InChI is InChI=1S/C51H31N5O/c1-3-15-32(16-4-1)41-31-42(33-17-5-2-6-18-33)55-50(54-41)36-21-11-22-39-48(36)57-49-40(51(39)37-24-13-29-52-46(37)47-38(51)25-14-30-53-47)23-12-28-45(49)56-43-26-9-7-19-34(43)35-20-8-10-27-44(35)56/h1-31H. The van der Waals surface area contributed by atoms with Crippen molar-refractivity contribution in [3.05, 3.63) is 211 Å². The third kappa shape index (κ3) is 4.46. The second kappa shape index (κ2) is 12.2. The lowest BCUT2D eigenvalue weighted by molar-refractivity contribution is 0.436. The highest BCUT2D eigenvalue weighted by Gasteiger charge is 2.53. The van der Waals surface area contributed by atoms with Crippen LogP contribution in [-0.2, 0) is 5.41 Å². The van der Waals surface area contributed by atoms with E-state index in [0.717, 1.165) is 84.2 Å². The molecule has 0 unspecified atom stereocenters. The molecule has 1 aliphatic carbocycles. The highest BCUT2D eigenvalue weighted by molar-refractivity contribution is 6.09. The zero-order valence-electron chi connectivity index (χ0n) is 30.5. The number of nitrogens with zero attached hydrogens (tertiary/aromatic N) is 5. The summed E-state index contributed by atoms with van der Waals surface area (Å²) >= 11 is 0. The second-order valence-electron chi connectivity index (χ2n) is 14.6. The minimum Gasteiger partial charge on any atom is -0.454 e. The molecule has 1 aliphatic heterocycles. The fraction of sp³-hybridized carbons (Fsp3) is 0.0196. The van der Waals surface area contributed by atoms with Crippen molar-refractivity contribution in [2.45, 2.75) is 5.41 Å². The quantitative estimate of drug-likeness (QED) is 0.180. The maximum absolute atomic E-state index is 7.48. The van der Waals surface area contributed by atoms with Gasteiger partial charge in [0.05, 0.1) is 50.5 Å². The average molecular weight is 730 g/mol. The van der Waals surface area contributed by atoms with E-state index < -0.39 is 5.41 Å². The monoisotopic (exact) mass is 729 g/mol. The van der Waals surface area contributed by atoms with Gasteiger partial charge >= 0.3 is 0 Å². The van der Waals surface area contributed by atoms with Gasteiger partial charge in [-0.05, 0) is 53.6 Å². The van der Waals surface area contributed by atoms with E-state index in [1.807, 2.05) is 60.9 Å². The maximum Gasteiger partial charge on any atom is 0.164 e. The Morgan fingerprint density at radius 3 is 1.54 bits per heavy atom. The van der Waals surface area contributed by atoms with Crippen molar-refractivity contribution in [2.24, 2.45) is 0 Å². The Bertz CT molecular complexity index is 3070. The van der Waals surface area contributed by atoms with Crippen molar-refractivity contribution in [3.63, 3.8) is 0 Å². The van der Waals surface area contributed by atoms with Crippen molar-refractivity contribution < 1.29 is 4.74 Å². The van der Waals surface area contributed by atoms with E-state index in [1.54, 1.807) is 0 Å². The van der Waals surface area contributed by atoms with Gasteiger partial charge in [0.1, 0.15) is 5.75 Å². The smallest absolute Gasteiger partial charge is 0.164 e.